The van der Waals surface area contributed by atoms with Gasteiger partial charge in [0.2, 0.25) is 0 Å². The average molecular weight is 377 g/mol. The second-order valence-corrected chi connectivity index (χ2v) is 7.23. The van der Waals surface area contributed by atoms with Gasteiger partial charge in [0.15, 0.2) is 5.76 Å². The first-order valence-corrected chi connectivity index (χ1v) is 9.89. The smallest absolute Gasteiger partial charge is 0.151 e. The van der Waals surface area contributed by atoms with Crippen molar-refractivity contribution in [1.82, 2.24) is 15.0 Å². The summed E-state index contributed by atoms with van der Waals surface area (Å²) in [5.74, 6) is 1.72. The van der Waals surface area contributed by atoms with Gasteiger partial charge in [0.1, 0.15) is 11.4 Å². The molecule has 2 heterocycles. The average Bonchev–Trinajstić information content (AvgIpc) is 3.22. The van der Waals surface area contributed by atoms with Gasteiger partial charge in [0.05, 0.1) is 13.7 Å². The largest absolute Gasteiger partial charge is 0.496 e. The van der Waals surface area contributed by atoms with E-state index < -0.39 is 0 Å². The standard InChI is InChI=1S/C23H27N3O2/c1-27-23-10-6-5-9-21(23)22-17-20(28-24-22)18-26-15-13-25(14-16-26)12-11-19-7-3-2-4-8-19/h2-10,17H,11-16,18H2,1H3. The first kappa shape index (κ1) is 18.7. The van der Waals surface area contributed by atoms with Crippen LogP contribution in [0.15, 0.2) is 65.2 Å². The number of aromatic nitrogens is 1. The number of ether oxygens (including phenoxy) is 1. The molecular weight excluding hydrogens is 350 g/mol. The third kappa shape index (κ3) is 4.61. The summed E-state index contributed by atoms with van der Waals surface area (Å²) in [4.78, 5) is 4.98. The number of rotatable bonds is 7. The Kier molecular flexibility index (Phi) is 6.04. The van der Waals surface area contributed by atoms with Crippen molar-refractivity contribution < 1.29 is 9.26 Å². The summed E-state index contributed by atoms with van der Waals surface area (Å²) in [5, 5.41) is 4.25. The maximum atomic E-state index is 5.59. The lowest BCUT2D eigenvalue weighted by Crippen LogP contribution is -2.46. The molecule has 146 valence electrons. The monoisotopic (exact) mass is 377 g/mol. The van der Waals surface area contributed by atoms with Gasteiger partial charge in [0.25, 0.3) is 0 Å². The van der Waals surface area contributed by atoms with Crippen LogP contribution < -0.4 is 4.74 Å². The Morgan fingerprint density at radius 2 is 1.64 bits per heavy atom. The topological polar surface area (TPSA) is 41.7 Å². The fraction of sp³-hybridized carbons (Fsp3) is 0.348. The maximum absolute atomic E-state index is 5.59. The second kappa shape index (κ2) is 9.04. The molecule has 0 N–H and O–H groups in total. The van der Waals surface area contributed by atoms with Gasteiger partial charge >= 0.3 is 0 Å². The molecule has 1 aliphatic heterocycles. The lowest BCUT2D eigenvalue weighted by Gasteiger charge is -2.34. The Bertz CT molecular complexity index is 870. The first-order valence-electron chi connectivity index (χ1n) is 9.89. The SMILES string of the molecule is COc1ccccc1-c1cc(CN2CCN(CCc3ccccc3)CC2)on1. The van der Waals surface area contributed by atoms with Crippen LogP contribution in [0.1, 0.15) is 11.3 Å². The summed E-state index contributed by atoms with van der Waals surface area (Å²) in [6.45, 7) is 6.23. The normalized spacial score (nSPS) is 15.6. The molecule has 1 aromatic heterocycles. The molecule has 0 radical (unpaired) electrons. The van der Waals surface area contributed by atoms with Gasteiger partial charge < -0.3 is 14.2 Å². The highest BCUT2D eigenvalue weighted by Crippen LogP contribution is 2.29. The summed E-state index contributed by atoms with van der Waals surface area (Å²) < 4.78 is 11.0. The Labute approximate surface area is 166 Å². The number of benzene rings is 2. The van der Waals surface area contributed by atoms with Crippen LogP contribution in [-0.4, -0.2) is 54.8 Å². The van der Waals surface area contributed by atoms with Gasteiger partial charge in [0, 0.05) is 44.4 Å². The highest BCUT2D eigenvalue weighted by Gasteiger charge is 2.19. The molecule has 0 aliphatic carbocycles. The van der Waals surface area contributed by atoms with E-state index >= 15 is 0 Å². The third-order valence-corrected chi connectivity index (χ3v) is 5.35. The van der Waals surface area contributed by atoms with Crippen LogP contribution in [0.4, 0.5) is 0 Å². The van der Waals surface area contributed by atoms with Gasteiger partial charge in [-0.2, -0.15) is 0 Å². The molecule has 4 rings (SSSR count). The number of nitrogens with zero attached hydrogens (tertiary/aromatic N) is 3. The molecule has 0 bridgehead atoms. The van der Waals surface area contributed by atoms with E-state index in [2.05, 4.69) is 45.3 Å². The lowest BCUT2D eigenvalue weighted by molar-refractivity contribution is 0.119. The fourth-order valence-electron chi connectivity index (χ4n) is 3.69. The van der Waals surface area contributed by atoms with E-state index in [4.69, 9.17) is 9.26 Å². The Balaban J connectivity index is 1.28. The van der Waals surface area contributed by atoms with E-state index in [1.165, 1.54) is 5.56 Å². The van der Waals surface area contributed by atoms with Crippen LogP contribution in [0.25, 0.3) is 11.3 Å². The lowest BCUT2D eigenvalue weighted by atomic mass is 10.1. The van der Waals surface area contributed by atoms with Gasteiger partial charge in [-0.05, 0) is 24.1 Å². The molecule has 5 heteroatoms. The van der Waals surface area contributed by atoms with Crippen molar-refractivity contribution in [1.29, 1.82) is 0 Å². The molecular formula is C23H27N3O2. The number of hydrogen-bond acceptors (Lipinski definition) is 5. The molecule has 1 aliphatic rings. The quantitative estimate of drug-likeness (QED) is 0.628. The Morgan fingerprint density at radius 1 is 0.929 bits per heavy atom. The van der Waals surface area contributed by atoms with E-state index in [9.17, 15) is 0 Å². The maximum Gasteiger partial charge on any atom is 0.151 e. The van der Waals surface area contributed by atoms with Gasteiger partial charge in [-0.1, -0.05) is 47.6 Å². The molecule has 3 aromatic rings. The highest BCUT2D eigenvalue weighted by molar-refractivity contribution is 5.66. The third-order valence-electron chi connectivity index (χ3n) is 5.35. The number of piperazine rings is 1. The minimum atomic E-state index is 0.800. The van der Waals surface area contributed by atoms with Crippen molar-refractivity contribution in [3.05, 3.63) is 72.0 Å². The number of methoxy groups -OCH3 is 1. The van der Waals surface area contributed by atoms with Crippen LogP contribution >= 0.6 is 0 Å². The summed E-state index contributed by atoms with van der Waals surface area (Å²) in [5.41, 5.74) is 3.20. The van der Waals surface area contributed by atoms with Crippen molar-refractivity contribution in [3.63, 3.8) is 0 Å². The predicted octanol–water partition coefficient (Wildman–Crippen LogP) is 3.71. The predicted molar refractivity (Wildman–Crippen MR) is 110 cm³/mol. The zero-order chi connectivity index (χ0) is 19.2. The summed E-state index contributed by atoms with van der Waals surface area (Å²) in [7, 11) is 1.68. The first-order chi connectivity index (χ1) is 13.8. The van der Waals surface area contributed by atoms with Crippen LogP contribution in [0.5, 0.6) is 5.75 Å². The van der Waals surface area contributed by atoms with Gasteiger partial charge in [-0.25, -0.2) is 0 Å². The van der Waals surface area contributed by atoms with Crippen LogP contribution in [0.3, 0.4) is 0 Å². The Hall–Kier alpha value is -2.63. The van der Waals surface area contributed by atoms with Crippen molar-refractivity contribution in [2.75, 3.05) is 39.8 Å². The van der Waals surface area contributed by atoms with Crippen molar-refractivity contribution in [2.45, 2.75) is 13.0 Å². The minimum Gasteiger partial charge on any atom is -0.496 e. The molecule has 1 saturated heterocycles. The second-order valence-electron chi connectivity index (χ2n) is 7.23. The number of hydrogen-bond donors (Lipinski definition) is 0. The molecule has 2 aromatic carbocycles. The van der Waals surface area contributed by atoms with Crippen molar-refractivity contribution in [3.8, 4) is 17.0 Å². The molecule has 28 heavy (non-hydrogen) atoms. The fourth-order valence-corrected chi connectivity index (χ4v) is 3.69. The van der Waals surface area contributed by atoms with E-state index in [-0.39, 0.29) is 0 Å². The molecule has 0 saturated carbocycles. The van der Waals surface area contributed by atoms with Crippen molar-refractivity contribution in [2.24, 2.45) is 0 Å². The number of para-hydroxylation sites is 1. The Morgan fingerprint density at radius 3 is 2.43 bits per heavy atom. The van der Waals surface area contributed by atoms with E-state index in [1.807, 2.05) is 30.3 Å². The summed E-state index contributed by atoms with van der Waals surface area (Å²) in [6, 6.07) is 20.6. The van der Waals surface area contributed by atoms with E-state index in [0.29, 0.717) is 0 Å². The van der Waals surface area contributed by atoms with Crippen LogP contribution in [0, 0.1) is 0 Å². The van der Waals surface area contributed by atoms with E-state index in [1.54, 1.807) is 7.11 Å². The van der Waals surface area contributed by atoms with Crippen molar-refractivity contribution >= 4 is 0 Å². The van der Waals surface area contributed by atoms with Crippen LogP contribution in [0.2, 0.25) is 0 Å². The molecule has 0 unspecified atom stereocenters. The van der Waals surface area contributed by atoms with Gasteiger partial charge in [-0.15, -0.1) is 0 Å². The molecule has 0 atom stereocenters. The molecule has 5 nitrogen and oxygen atoms in total. The zero-order valence-corrected chi connectivity index (χ0v) is 16.4. The molecule has 1 fully saturated rings. The van der Waals surface area contributed by atoms with E-state index in [0.717, 1.165) is 68.5 Å². The van der Waals surface area contributed by atoms with Crippen LogP contribution in [-0.2, 0) is 13.0 Å². The molecule has 0 amide bonds. The summed E-state index contributed by atoms with van der Waals surface area (Å²) >= 11 is 0. The zero-order valence-electron chi connectivity index (χ0n) is 16.4. The van der Waals surface area contributed by atoms with Gasteiger partial charge in [-0.3, -0.25) is 4.90 Å². The minimum absolute atomic E-state index is 0.800. The highest BCUT2D eigenvalue weighted by atomic mass is 16.5. The molecule has 0 spiro atoms. The summed E-state index contributed by atoms with van der Waals surface area (Å²) in [6.07, 6.45) is 1.12.